The second-order valence-electron chi connectivity index (χ2n) is 6.05. The first-order chi connectivity index (χ1) is 11.7. The molecule has 6 nitrogen and oxygen atoms in total. The van der Waals surface area contributed by atoms with E-state index in [-0.39, 0.29) is 36.8 Å². The molecule has 8 heteroatoms. The van der Waals surface area contributed by atoms with Gasteiger partial charge in [0.1, 0.15) is 0 Å². The molecule has 2 rings (SSSR count). The number of hydrogen-bond donors (Lipinski definition) is 2. The standard InChI is InChI=1S/C18H29N3O3.2ClH/c1-15-4-3-5-16(12-15)17(21-7-10-24-11-8-21)13-20-18(22)14-19-6-9-23-2;;/h3-5,12,17,19H,6-11,13-14H2,1-2H3,(H,20,22);2*1H. The van der Waals surface area contributed by atoms with Crippen LogP contribution in [0.4, 0.5) is 0 Å². The molecule has 1 aromatic rings. The Morgan fingerprint density at radius 1 is 1.31 bits per heavy atom. The van der Waals surface area contributed by atoms with Gasteiger partial charge < -0.3 is 20.1 Å². The van der Waals surface area contributed by atoms with Crippen molar-refractivity contribution in [2.24, 2.45) is 0 Å². The number of nitrogens with zero attached hydrogens (tertiary/aromatic N) is 1. The summed E-state index contributed by atoms with van der Waals surface area (Å²) in [4.78, 5) is 14.4. The molecule has 1 amide bonds. The third-order valence-electron chi connectivity index (χ3n) is 4.17. The molecule has 0 bridgehead atoms. The van der Waals surface area contributed by atoms with Crippen molar-refractivity contribution >= 4 is 30.7 Å². The quantitative estimate of drug-likeness (QED) is 0.608. The topological polar surface area (TPSA) is 62.8 Å². The number of hydrogen-bond acceptors (Lipinski definition) is 5. The molecule has 26 heavy (non-hydrogen) atoms. The Labute approximate surface area is 168 Å². The van der Waals surface area contributed by atoms with Crippen LogP contribution in [0.25, 0.3) is 0 Å². The zero-order valence-corrected chi connectivity index (χ0v) is 17.2. The van der Waals surface area contributed by atoms with Crippen LogP contribution in [0.1, 0.15) is 17.2 Å². The number of carbonyl (C=O) groups is 1. The molecule has 0 spiro atoms. The van der Waals surface area contributed by atoms with Crippen molar-refractivity contribution < 1.29 is 14.3 Å². The summed E-state index contributed by atoms with van der Waals surface area (Å²) in [5, 5.41) is 6.12. The van der Waals surface area contributed by atoms with E-state index in [1.807, 2.05) is 0 Å². The number of carbonyl (C=O) groups excluding carboxylic acids is 1. The Hall–Kier alpha value is -0.890. The van der Waals surface area contributed by atoms with E-state index in [9.17, 15) is 4.79 Å². The molecule has 0 saturated carbocycles. The zero-order valence-electron chi connectivity index (χ0n) is 15.5. The second kappa shape index (κ2) is 14.2. The van der Waals surface area contributed by atoms with E-state index < -0.39 is 0 Å². The first-order valence-corrected chi connectivity index (χ1v) is 8.55. The minimum absolute atomic E-state index is 0. The zero-order chi connectivity index (χ0) is 17.2. The number of halogens is 2. The molecule has 1 heterocycles. The van der Waals surface area contributed by atoms with Gasteiger partial charge in [-0.15, -0.1) is 24.8 Å². The summed E-state index contributed by atoms with van der Waals surface area (Å²) in [5.41, 5.74) is 2.47. The number of benzene rings is 1. The van der Waals surface area contributed by atoms with Gasteiger partial charge in [-0.3, -0.25) is 9.69 Å². The molecule has 150 valence electrons. The first-order valence-electron chi connectivity index (χ1n) is 8.55. The van der Waals surface area contributed by atoms with Crippen molar-refractivity contribution in [2.45, 2.75) is 13.0 Å². The molecular formula is C18H31Cl2N3O3. The van der Waals surface area contributed by atoms with Gasteiger partial charge in [0, 0.05) is 33.3 Å². The summed E-state index contributed by atoms with van der Waals surface area (Å²) in [7, 11) is 1.65. The Bertz CT molecular complexity index is 514. The van der Waals surface area contributed by atoms with Gasteiger partial charge >= 0.3 is 0 Å². The Morgan fingerprint density at radius 3 is 2.69 bits per heavy atom. The lowest BCUT2D eigenvalue weighted by atomic mass is 10.0. The maximum atomic E-state index is 12.0. The number of amides is 1. The lowest BCUT2D eigenvalue weighted by Gasteiger charge is -2.35. The van der Waals surface area contributed by atoms with E-state index >= 15 is 0 Å². The number of ether oxygens (including phenoxy) is 2. The average Bonchev–Trinajstić information content (AvgIpc) is 2.60. The highest BCUT2D eigenvalue weighted by Crippen LogP contribution is 2.22. The monoisotopic (exact) mass is 407 g/mol. The van der Waals surface area contributed by atoms with Crippen molar-refractivity contribution in [1.29, 1.82) is 0 Å². The predicted molar refractivity (Wildman–Crippen MR) is 109 cm³/mol. The van der Waals surface area contributed by atoms with E-state index in [0.29, 0.717) is 26.2 Å². The Kier molecular flexibility index (Phi) is 13.7. The fourth-order valence-corrected chi connectivity index (χ4v) is 2.87. The van der Waals surface area contributed by atoms with Crippen LogP contribution in [0.3, 0.4) is 0 Å². The third kappa shape index (κ3) is 8.66. The van der Waals surface area contributed by atoms with Crippen LogP contribution in [-0.4, -0.2) is 70.5 Å². The summed E-state index contributed by atoms with van der Waals surface area (Å²) in [6, 6.07) is 8.68. The maximum absolute atomic E-state index is 12.0. The van der Waals surface area contributed by atoms with Gasteiger partial charge in [0.2, 0.25) is 5.91 Å². The fraction of sp³-hybridized carbons (Fsp3) is 0.611. The van der Waals surface area contributed by atoms with E-state index in [1.165, 1.54) is 11.1 Å². The summed E-state index contributed by atoms with van der Waals surface area (Å²) >= 11 is 0. The molecule has 1 aromatic carbocycles. The van der Waals surface area contributed by atoms with Crippen LogP contribution in [0.2, 0.25) is 0 Å². The van der Waals surface area contributed by atoms with Crippen LogP contribution in [0.15, 0.2) is 24.3 Å². The lowest BCUT2D eigenvalue weighted by molar-refractivity contribution is -0.120. The van der Waals surface area contributed by atoms with Crippen molar-refractivity contribution in [3.63, 3.8) is 0 Å². The maximum Gasteiger partial charge on any atom is 0.234 e. The van der Waals surface area contributed by atoms with Gasteiger partial charge in [0.05, 0.1) is 32.4 Å². The van der Waals surface area contributed by atoms with E-state index in [1.54, 1.807) is 7.11 Å². The Morgan fingerprint density at radius 2 is 2.04 bits per heavy atom. The number of methoxy groups -OCH3 is 1. The molecule has 0 radical (unpaired) electrons. The number of rotatable bonds is 9. The SMILES string of the molecule is COCCNCC(=O)NCC(c1cccc(C)c1)N1CCOCC1.Cl.Cl. The summed E-state index contributed by atoms with van der Waals surface area (Å²) < 4.78 is 10.4. The predicted octanol–water partition coefficient (Wildman–Crippen LogP) is 1.56. The van der Waals surface area contributed by atoms with Crippen molar-refractivity contribution in [3.05, 3.63) is 35.4 Å². The first kappa shape index (κ1) is 25.1. The molecule has 1 aliphatic heterocycles. The largest absolute Gasteiger partial charge is 0.383 e. The van der Waals surface area contributed by atoms with Crippen LogP contribution in [0, 0.1) is 6.92 Å². The van der Waals surface area contributed by atoms with Crippen LogP contribution < -0.4 is 10.6 Å². The summed E-state index contributed by atoms with van der Waals surface area (Å²) in [6.45, 7) is 7.56. The van der Waals surface area contributed by atoms with Gasteiger partial charge in [0.25, 0.3) is 0 Å². The molecule has 1 aliphatic rings. The molecular weight excluding hydrogens is 377 g/mol. The number of nitrogens with one attached hydrogen (secondary N) is 2. The summed E-state index contributed by atoms with van der Waals surface area (Å²) in [5.74, 6) is 0.0111. The minimum Gasteiger partial charge on any atom is -0.383 e. The molecule has 1 atom stereocenters. The minimum atomic E-state index is 0. The van der Waals surface area contributed by atoms with Gasteiger partial charge in [-0.05, 0) is 12.5 Å². The molecule has 1 fully saturated rings. The van der Waals surface area contributed by atoms with Gasteiger partial charge in [-0.25, -0.2) is 0 Å². The van der Waals surface area contributed by atoms with Crippen LogP contribution >= 0.6 is 24.8 Å². The number of aryl methyl sites for hydroxylation is 1. The van der Waals surface area contributed by atoms with E-state index in [4.69, 9.17) is 9.47 Å². The Balaban J connectivity index is 0.00000312. The highest BCUT2D eigenvalue weighted by molar-refractivity contribution is 5.85. The number of morpholine rings is 1. The van der Waals surface area contributed by atoms with E-state index in [2.05, 4.69) is 46.7 Å². The highest BCUT2D eigenvalue weighted by atomic mass is 35.5. The van der Waals surface area contributed by atoms with Gasteiger partial charge in [0.15, 0.2) is 0 Å². The fourth-order valence-electron chi connectivity index (χ4n) is 2.87. The van der Waals surface area contributed by atoms with Crippen LogP contribution in [0.5, 0.6) is 0 Å². The van der Waals surface area contributed by atoms with Gasteiger partial charge in [-0.2, -0.15) is 0 Å². The molecule has 0 aromatic heterocycles. The van der Waals surface area contributed by atoms with Crippen molar-refractivity contribution in [3.8, 4) is 0 Å². The second-order valence-corrected chi connectivity index (χ2v) is 6.05. The smallest absolute Gasteiger partial charge is 0.234 e. The molecule has 1 saturated heterocycles. The van der Waals surface area contributed by atoms with Crippen LogP contribution in [-0.2, 0) is 14.3 Å². The van der Waals surface area contributed by atoms with Gasteiger partial charge in [-0.1, -0.05) is 29.8 Å². The average molecular weight is 408 g/mol. The lowest BCUT2D eigenvalue weighted by Crippen LogP contribution is -2.45. The normalized spacial score (nSPS) is 15.5. The van der Waals surface area contributed by atoms with E-state index in [0.717, 1.165) is 26.3 Å². The van der Waals surface area contributed by atoms with Crippen molar-refractivity contribution in [1.82, 2.24) is 15.5 Å². The third-order valence-corrected chi connectivity index (χ3v) is 4.17. The molecule has 0 aliphatic carbocycles. The molecule has 1 unspecified atom stereocenters. The highest BCUT2D eigenvalue weighted by Gasteiger charge is 2.23. The van der Waals surface area contributed by atoms with Crippen molar-refractivity contribution in [2.75, 3.05) is 59.7 Å². The molecule has 2 N–H and O–H groups in total. The summed E-state index contributed by atoms with van der Waals surface area (Å²) in [6.07, 6.45) is 0.